The minimum atomic E-state index is -0.286. The smallest absolute Gasteiger partial charge is 0.399 e. The molecule has 2 heterocycles. The van der Waals surface area contributed by atoms with Crippen LogP contribution < -0.4 is 5.46 Å². The molecule has 0 bridgehead atoms. The molecule has 0 saturated carbocycles. The van der Waals surface area contributed by atoms with Crippen molar-refractivity contribution < 1.29 is 9.31 Å². The lowest BCUT2D eigenvalue weighted by Crippen LogP contribution is -2.41. The van der Waals surface area contributed by atoms with E-state index in [0.29, 0.717) is 0 Å². The van der Waals surface area contributed by atoms with Gasteiger partial charge in [0.1, 0.15) is 0 Å². The quantitative estimate of drug-likeness (QED) is 0.619. The van der Waals surface area contributed by atoms with Gasteiger partial charge in [-0.1, -0.05) is 12.1 Å². The molecule has 0 unspecified atom stereocenters. The van der Waals surface area contributed by atoms with E-state index >= 15 is 0 Å². The second-order valence-corrected chi connectivity index (χ2v) is 8.35. The van der Waals surface area contributed by atoms with Crippen molar-refractivity contribution in [1.82, 2.24) is 0 Å². The van der Waals surface area contributed by atoms with Gasteiger partial charge < -0.3 is 9.31 Å². The van der Waals surface area contributed by atoms with Crippen molar-refractivity contribution in [2.75, 3.05) is 6.26 Å². The summed E-state index contributed by atoms with van der Waals surface area (Å²) in [6.45, 7) is 8.34. The predicted molar refractivity (Wildman–Crippen MR) is 89.3 cm³/mol. The normalized spacial score (nSPS) is 20.8. The van der Waals surface area contributed by atoms with Crippen LogP contribution in [0.1, 0.15) is 27.7 Å². The Bertz CT molecular complexity index is 632. The van der Waals surface area contributed by atoms with Gasteiger partial charge in [0.15, 0.2) is 0 Å². The lowest BCUT2D eigenvalue weighted by atomic mass is 9.79. The maximum absolute atomic E-state index is 6.11. The van der Waals surface area contributed by atoms with E-state index in [2.05, 4.69) is 58.2 Å². The molecule has 0 radical (unpaired) electrons. The first-order chi connectivity index (χ1) is 9.32. The summed E-state index contributed by atoms with van der Waals surface area (Å²) < 4.78 is 14.9. The van der Waals surface area contributed by atoms with Gasteiger partial charge >= 0.3 is 7.12 Å². The third kappa shape index (κ3) is 2.31. The maximum atomic E-state index is 6.11. The first-order valence-corrected chi connectivity index (χ1v) is 8.80. The van der Waals surface area contributed by atoms with Gasteiger partial charge in [-0.05, 0) is 56.9 Å². The molecule has 1 aromatic carbocycles. The van der Waals surface area contributed by atoms with Crippen molar-refractivity contribution >= 4 is 45.8 Å². The van der Waals surface area contributed by atoms with Crippen LogP contribution in [-0.2, 0) is 9.31 Å². The third-order valence-electron chi connectivity index (χ3n) is 4.24. The highest BCUT2D eigenvalue weighted by Gasteiger charge is 2.51. The minimum absolute atomic E-state index is 0.276. The van der Waals surface area contributed by atoms with E-state index in [4.69, 9.17) is 9.31 Å². The second-order valence-electron chi connectivity index (χ2n) is 6.16. The van der Waals surface area contributed by atoms with Crippen molar-refractivity contribution in [3.05, 3.63) is 24.3 Å². The highest BCUT2D eigenvalue weighted by atomic mass is 32.2. The number of rotatable bonds is 2. The van der Waals surface area contributed by atoms with Crippen LogP contribution in [0.15, 0.2) is 28.5 Å². The SMILES string of the molecule is CSc1cc2cc(B3OC(C)(C)C(C)(C)O3)ccc2s1. The van der Waals surface area contributed by atoms with E-state index in [1.54, 1.807) is 11.8 Å². The van der Waals surface area contributed by atoms with E-state index in [0.717, 1.165) is 5.46 Å². The molecular formula is C15H19BO2S2. The summed E-state index contributed by atoms with van der Waals surface area (Å²) in [4.78, 5) is 0. The van der Waals surface area contributed by atoms with Crippen molar-refractivity contribution in [3.63, 3.8) is 0 Å². The maximum Gasteiger partial charge on any atom is 0.494 e. The Morgan fingerprint density at radius 2 is 1.70 bits per heavy atom. The van der Waals surface area contributed by atoms with Gasteiger partial charge in [-0.25, -0.2) is 0 Å². The number of benzene rings is 1. The van der Waals surface area contributed by atoms with E-state index in [9.17, 15) is 0 Å². The van der Waals surface area contributed by atoms with Crippen LogP contribution >= 0.6 is 23.1 Å². The van der Waals surface area contributed by atoms with E-state index < -0.39 is 0 Å². The molecule has 1 aromatic heterocycles. The van der Waals surface area contributed by atoms with Gasteiger partial charge in [-0.15, -0.1) is 23.1 Å². The standard InChI is InChI=1S/C15H19BO2S2/c1-14(2)15(3,4)18-16(17-14)11-6-7-12-10(8-11)9-13(19-5)20-12/h6-9H,1-5H3. The molecule has 3 rings (SSSR count). The zero-order valence-electron chi connectivity index (χ0n) is 12.5. The average Bonchev–Trinajstić information content (AvgIpc) is 2.87. The molecule has 1 saturated heterocycles. The Labute approximate surface area is 129 Å². The Morgan fingerprint density at radius 1 is 1.05 bits per heavy atom. The molecule has 1 aliphatic rings. The third-order valence-corrected chi connectivity index (χ3v) is 6.43. The number of hydrogen-bond acceptors (Lipinski definition) is 4. The van der Waals surface area contributed by atoms with Crippen molar-refractivity contribution in [2.24, 2.45) is 0 Å². The fraction of sp³-hybridized carbons (Fsp3) is 0.467. The Morgan fingerprint density at radius 3 is 2.30 bits per heavy atom. The van der Waals surface area contributed by atoms with Gasteiger partial charge in [0.05, 0.1) is 15.4 Å². The molecular weight excluding hydrogens is 287 g/mol. The Hall–Kier alpha value is -0.485. The van der Waals surface area contributed by atoms with Crippen LogP contribution in [0.5, 0.6) is 0 Å². The number of thiophene rings is 1. The molecule has 20 heavy (non-hydrogen) atoms. The van der Waals surface area contributed by atoms with Crippen molar-refractivity contribution in [3.8, 4) is 0 Å². The van der Waals surface area contributed by atoms with Crippen molar-refractivity contribution in [1.29, 1.82) is 0 Å². The second kappa shape index (κ2) is 4.77. The summed E-state index contributed by atoms with van der Waals surface area (Å²) in [6.07, 6.45) is 2.11. The number of fused-ring (bicyclic) bond motifs is 1. The van der Waals surface area contributed by atoms with E-state index in [1.165, 1.54) is 14.3 Å². The van der Waals surface area contributed by atoms with Crippen LogP contribution in [0, 0.1) is 0 Å². The molecule has 0 atom stereocenters. The zero-order valence-corrected chi connectivity index (χ0v) is 14.2. The summed E-state index contributed by atoms with van der Waals surface area (Å²) >= 11 is 3.62. The molecule has 0 spiro atoms. The highest BCUT2D eigenvalue weighted by Crippen LogP contribution is 2.37. The molecule has 5 heteroatoms. The van der Waals surface area contributed by atoms with Crippen LogP contribution in [-0.4, -0.2) is 24.6 Å². The van der Waals surface area contributed by atoms with E-state index in [1.807, 2.05) is 11.3 Å². The Balaban J connectivity index is 1.95. The van der Waals surface area contributed by atoms with Crippen LogP contribution in [0.2, 0.25) is 0 Å². The molecule has 1 aliphatic heterocycles. The number of thioether (sulfide) groups is 1. The Kier molecular flexibility index (Phi) is 3.45. The van der Waals surface area contributed by atoms with Gasteiger partial charge in [0, 0.05) is 4.70 Å². The zero-order chi connectivity index (χ0) is 14.5. The van der Waals surface area contributed by atoms with Gasteiger partial charge in [0.2, 0.25) is 0 Å². The van der Waals surface area contributed by atoms with Crippen LogP contribution in [0.25, 0.3) is 10.1 Å². The lowest BCUT2D eigenvalue weighted by molar-refractivity contribution is 0.00578. The summed E-state index contributed by atoms with van der Waals surface area (Å²) in [6, 6.07) is 8.71. The van der Waals surface area contributed by atoms with Crippen LogP contribution in [0.4, 0.5) is 0 Å². The van der Waals surface area contributed by atoms with Crippen molar-refractivity contribution in [2.45, 2.75) is 43.1 Å². The van der Waals surface area contributed by atoms with Gasteiger partial charge in [0.25, 0.3) is 0 Å². The van der Waals surface area contributed by atoms with Crippen LogP contribution in [0.3, 0.4) is 0 Å². The molecule has 2 nitrogen and oxygen atoms in total. The first kappa shape index (κ1) is 14.5. The fourth-order valence-electron chi connectivity index (χ4n) is 2.26. The summed E-state index contributed by atoms with van der Waals surface area (Å²) in [5.74, 6) is 0. The summed E-state index contributed by atoms with van der Waals surface area (Å²) in [5.41, 5.74) is 0.527. The fourth-order valence-corrected chi connectivity index (χ4v) is 3.89. The largest absolute Gasteiger partial charge is 0.494 e. The molecule has 0 amide bonds. The first-order valence-electron chi connectivity index (χ1n) is 6.75. The minimum Gasteiger partial charge on any atom is -0.399 e. The molecule has 0 N–H and O–H groups in total. The molecule has 106 valence electrons. The van der Waals surface area contributed by atoms with Gasteiger partial charge in [-0.3, -0.25) is 0 Å². The predicted octanol–water partition coefficient (Wildman–Crippen LogP) is 3.92. The monoisotopic (exact) mass is 306 g/mol. The lowest BCUT2D eigenvalue weighted by Gasteiger charge is -2.32. The number of hydrogen-bond donors (Lipinski definition) is 0. The summed E-state index contributed by atoms with van der Waals surface area (Å²) in [7, 11) is -0.276. The molecule has 0 aliphatic carbocycles. The summed E-state index contributed by atoms with van der Waals surface area (Å²) in [5, 5.41) is 1.27. The molecule has 2 aromatic rings. The van der Waals surface area contributed by atoms with E-state index in [-0.39, 0.29) is 18.3 Å². The molecule has 1 fully saturated rings. The average molecular weight is 306 g/mol. The topological polar surface area (TPSA) is 18.5 Å². The highest BCUT2D eigenvalue weighted by molar-refractivity contribution is 8.00. The van der Waals surface area contributed by atoms with Gasteiger partial charge in [-0.2, -0.15) is 0 Å².